The first-order valence-electron chi connectivity index (χ1n) is 4.92. The molecule has 1 aromatic rings. The Labute approximate surface area is 109 Å². The van der Waals surface area contributed by atoms with Gasteiger partial charge in [0.2, 0.25) is 0 Å². The molecule has 1 heterocycles. The van der Waals surface area contributed by atoms with Gasteiger partial charge in [0, 0.05) is 12.3 Å². The smallest absolute Gasteiger partial charge is 0.271 e. The van der Waals surface area contributed by atoms with Crippen LogP contribution in [0.1, 0.15) is 17.4 Å². The normalized spacial score (nSPS) is 14.1. The van der Waals surface area contributed by atoms with Crippen molar-refractivity contribution in [3.63, 3.8) is 0 Å². The minimum Gasteiger partial charge on any atom is -0.387 e. The second-order valence-electron chi connectivity index (χ2n) is 3.84. The summed E-state index contributed by atoms with van der Waals surface area (Å²) in [5.41, 5.74) is -0.807. The molecule has 5 nitrogen and oxygen atoms in total. The highest BCUT2D eigenvalue weighted by molar-refractivity contribution is 7.98. The largest absolute Gasteiger partial charge is 0.387 e. The van der Waals surface area contributed by atoms with E-state index in [4.69, 9.17) is 11.6 Å². The number of thioether (sulfide) groups is 1. The molecule has 7 heteroatoms. The van der Waals surface area contributed by atoms with Crippen LogP contribution in [-0.4, -0.2) is 45.1 Å². The van der Waals surface area contributed by atoms with Gasteiger partial charge in [0.1, 0.15) is 10.8 Å². The summed E-state index contributed by atoms with van der Waals surface area (Å²) in [6.45, 7) is 1.81. The molecule has 0 bridgehead atoms. The van der Waals surface area contributed by atoms with Crippen molar-refractivity contribution in [2.24, 2.45) is 0 Å². The lowest BCUT2D eigenvalue weighted by Crippen LogP contribution is -2.42. The van der Waals surface area contributed by atoms with Gasteiger partial charge in [0.15, 0.2) is 0 Å². The molecule has 0 spiro atoms. The molecule has 0 fully saturated rings. The molecule has 0 radical (unpaired) electrons. The lowest BCUT2D eigenvalue weighted by Gasteiger charge is -2.22. The summed E-state index contributed by atoms with van der Waals surface area (Å²) >= 11 is 7.13. The standard InChI is InChI=1S/C10H14ClN3O2S/c1-10(16,6-17-2)5-13-9(15)7-3-12-4-8(11)14-7/h3-4,16H,5-6H2,1-2H3,(H,13,15). The van der Waals surface area contributed by atoms with Crippen molar-refractivity contribution in [3.05, 3.63) is 23.2 Å². The third-order valence-corrected chi connectivity index (χ3v) is 3.02. The molecule has 0 aromatic carbocycles. The Morgan fingerprint density at radius 3 is 2.94 bits per heavy atom. The van der Waals surface area contributed by atoms with Crippen molar-refractivity contribution < 1.29 is 9.90 Å². The predicted octanol–water partition coefficient (Wildman–Crippen LogP) is 0.974. The summed E-state index contributed by atoms with van der Waals surface area (Å²) in [4.78, 5) is 19.2. The van der Waals surface area contributed by atoms with Crippen molar-refractivity contribution in [1.82, 2.24) is 15.3 Å². The third-order valence-electron chi connectivity index (χ3n) is 1.92. The maximum Gasteiger partial charge on any atom is 0.271 e. The van der Waals surface area contributed by atoms with Gasteiger partial charge in [-0.05, 0) is 13.2 Å². The molecule has 1 amide bonds. The number of rotatable bonds is 5. The molecule has 0 saturated carbocycles. The molecule has 2 N–H and O–H groups in total. The first-order chi connectivity index (χ1) is 7.94. The molecule has 0 aliphatic carbocycles. The van der Waals surface area contributed by atoms with Crippen LogP contribution in [0, 0.1) is 0 Å². The summed E-state index contributed by atoms with van der Waals surface area (Å²) in [7, 11) is 0. The fourth-order valence-corrected chi connectivity index (χ4v) is 2.05. The van der Waals surface area contributed by atoms with Crippen LogP contribution < -0.4 is 5.32 Å². The lowest BCUT2D eigenvalue weighted by molar-refractivity contribution is 0.0722. The van der Waals surface area contributed by atoms with Gasteiger partial charge in [-0.15, -0.1) is 0 Å². The minimum absolute atomic E-state index is 0.137. The SMILES string of the molecule is CSCC(C)(O)CNC(=O)c1cncc(Cl)n1. The zero-order valence-corrected chi connectivity index (χ0v) is 11.2. The molecule has 0 aliphatic heterocycles. The number of nitrogens with zero attached hydrogens (tertiary/aromatic N) is 2. The monoisotopic (exact) mass is 275 g/mol. The van der Waals surface area contributed by atoms with E-state index in [9.17, 15) is 9.90 Å². The maximum absolute atomic E-state index is 11.7. The highest BCUT2D eigenvalue weighted by Crippen LogP contribution is 2.09. The van der Waals surface area contributed by atoms with Crippen LogP contribution in [-0.2, 0) is 0 Å². The molecule has 0 saturated heterocycles. The fourth-order valence-electron chi connectivity index (χ4n) is 1.17. The van der Waals surface area contributed by atoms with Crippen molar-refractivity contribution in [2.75, 3.05) is 18.6 Å². The summed E-state index contributed by atoms with van der Waals surface area (Å²) < 4.78 is 0. The number of carbonyl (C=O) groups is 1. The number of carbonyl (C=O) groups excluding carboxylic acids is 1. The van der Waals surface area contributed by atoms with Crippen LogP contribution in [0.15, 0.2) is 12.4 Å². The lowest BCUT2D eigenvalue weighted by atomic mass is 10.1. The average Bonchev–Trinajstić information content (AvgIpc) is 2.26. The molecule has 94 valence electrons. The summed E-state index contributed by atoms with van der Waals surface area (Å²) in [6.07, 6.45) is 4.56. The maximum atomic E-state index is 11.7. The van der Waals surface area contributed by atoms with Gasteiger partial charge in [-0.25, -0.2) is 4.98 Å². The second-order valence-corrected chi connectivity index (χ2v) is 5.09. The Kier molecular flexibility index (Phi) is 5.17. The Hall–Kier alpha value is -0.850. The van der Waals surface area contributed by atoms with E-state index >= 15 is 0 Å². The molecule has 1 rings (SSSR count). The van der Waals surface area contributed by atoms with Crippen LogP contribution in [0.25, 0.3) is 0 Å². The number of aromatic nitrogens is 2. The highest BCUT2D eigenvalue weighted by Gasteiger charge is 2.21. The quantitative estimate of drug-likeness (QED) is 0.838. The highest BCUT2D eigenvalue weighted by atomic mass is 35.5. The van der Waals surface area contributed by atoms with E-state index in [2.05, 4.69) is 15.3 Å². The van der Waals surface area contributed by atoms with Gasteiger partial charge >= 0.3 is 0 Å². The van der Waals surface area contributed by atoms with E-state index in [0.29, 0.717) is 5.75 Å². The third kappa shape index (κ3) is 4.89. The van der Waals surface area contributed by atoms with E-state index in [1.54, 1.807) is 6.92 Å². The molecule has 1 unspecified atom stereocenters. The van der Waals surface area contributed by atoms with Gasteiger partial charge in [-0.3, -0.25) is 9.78 Å². The second kappa shape index (κ2) is 6.18. The van der Waals surface area contributed by atoms with Crippen LogP contribution in [0.4, 0.5) is 0 Å². The molecular weight excluding hydrogens is 262 g/mol. The van der Waals surface area contributed by atoms with E-state index < -0.39 is 11.5 Å². The summed E-state index contributed by atoms with van der Waals surface area (Å²) in [6, 6.07) is 0. The van der Waals surface area contributed by atoms with Crippen molar-refractivity contribution in [2.45, 2.75) is 12.5 Å². The number of hydrogen-bond acceptors (Lipinski definition) is 5. The Morgan fingerprint density at radius 2 is 2.35 bits per heavy atom. The van der Waals surface area contributed by atoms with Gasteiger partial charge in [0.05, 0.1) is 18.0 Å². The number of amides is 1. The van der Waals surface area contributed by atoms with E-state index in [-0.39, 0.29) is 17.4 Å². The number of hydrogen-bond donors (Lipinski definition) is 2. The number of aliphatic hydroxyl groups is 1. The van der Waals surface area contributed by atoms with E-state index in [1.807, 2.05) is 6.26 Å². The van der Waals surface area contributed by atoms with Crippen LogP contribution in [0.2, 0.25) is 5.15 Å². The van der Waals surface area contributed by atoms with E-state index in [1.165, 1.54) is 24.2 Å². The van der Waals surface area contributed by atoms with Gasteiger partial charge < -0.3 is 10.4 Å². The van der Waals surface area contributed by atoms with Crippen molar-refractivity contribution in [1.29, 1.82) is 0 Å². The number of nitrogens with one attached hydrogen (secondary N) is 1. The van der Waals surface area contributed by atoms with Gasteiger partial charge in [-0.2, -0.15) is 11.8 Å². The van der Waals surface area contributed by atoms with E-state index in [0.717, 1.165) is 0 Å². The predicted molar refractivity (Wildman–Crippen MR) is 68.4 cm³/mol. The topological polar surface area (TPSA) is 75.1 Å². The molecule has 17 heavy (non-hydrogen) atoms. The Morgan fingerprint density at radius 1 is 1.65 bits per heavy atom. The molecule has 1 aromatic heterocycles. The Bertz CT molecular complexity index is 401. The molecule has 0 aliphatic rings. The minimum atomic E-state index is -0.943. The van der Waals surface area contributed by atoms with Crippen LogP contribution in [0.5, 0.6) is 0 Å². The summed E-state index contributed by atoms with van der Waals surface area (Å²) in [5.74, 6) is 0.135. The van der Waals surface area contributed by atoms with Gasteiger partial charge in [-0.1, -0.05) is 11.6 Å². The zero-order chi connectivity index (χ0) is 12.9. The summed E-state index contributed by atoms with van der Waals surface area (Å²) in [5, 5.41) is 12.6. The number of halogens is 1. The van der Waals surface area contributed by atoms with Gasteiger partial charge in [0.25, 0.3) is 5.91 Å². The van der Waals surface area contributed by atoms with Crippen LogP contribution in [0.3, 0.4) is 0 Å². The van der Waals surface area contributed by atoms with Crippen molar-refractivity contribution >= 4 is 29.3 Å². The Balaban J connectivity index is 2.56. The molecule has 1 atom stereocenters. The average molecular weight is 276 g/mol. The van der Waals surface area contributed by atoms with Crippen molar-refractivity contribution in [3.8, 4) is 0 Å². The first kappa shape index (κ1) is 14.2. The first-order valence-corrected chi connectivity index (χ1v) is 6.69. The molecular formula is C10H14ClN3O2S. The van der Waals surface area contributed by atoms with Crippen LogP contribution >= 0.6 is 23.4 Å². The zero-order valence-electron chi connectivity index (χ0n) is 9.61. The fraction of sp³-hybridized carbons (Fsp3) is 0.500.